The number of nitrogens with one attached hydrogen (secondary N) is 1. The number of aromatic nitrogens is 1. The minimum Gasteiger partial charge on any atom is -0.487 e. The highest BCUT2D eigenvalue weighted by Gasteiger charge is 2.10. The van der Waals surface area contributed by atoms with Gasteiger partial charge in [-0.3, -0.25) is 4.79 Å². The summed E-state index contributed by atoms with van der Waals surface area (Å²) in [5.74, 6) is 0.670. The minimum absolute atomic E-state index is 0.0587. The predicted octanol–water partition coefficient (Wildman–Crippen LogP) is 4.47. The predicted molar refractivity (Wildman–Crippen MR) is 105 cm³/mol. The Hall–Kier alpha value is -2.66. The van der Waals surface area contributed by atoms with E-state index < -0.39 is 0 Å². The molecule has 2 aromatic carbocycles. The van der Waals surface area contributed by atoms with Crippen molar-refractivity contribution < 1.29 is 9.53 Å². The first-order chi connectivity index (χ1) is 12.7. The Bertz CT molecular complexity index is 802. The largest absolute Gasteiger partial charge is 0.487 e. The SMILES string of the molecule is CC(CCc1ccccc1)NC(=O)c1ccc(OCc2cscn2)cc1. The summed E-state index contributed by atoms with van der Waals surface area (Å²) in [5, 5.41) is 5.01. The number of carbonyl (C=O) groups is 1. The number of thiazole rings is 1. The lowest BCUT2D eigenvalue weighted by Gasteiger charge is -2.14. The lowest BCUT2D eigenvalue weighted by atomic mass is 10.1. The Balaban J connectivity index is 1.46. The molecule has 3 rings (SSSR count). The monoisotopic (exact) mass is 366 g/mol. The number of hydrogen-bond donors (Lipinski definition) is 1. The van der Waals surface area contributed by atoms with Crippen LogP contribution in [-0.4, -0.2) is 16.9 Å². The summed E-state index contributed by atoms with van der Waals surface area (Å²) < 4.78 is 5.67. The van der Waals surface area contributed by atoms with Gasteiger partial charge in [-0.2, -0.15) is 0 Å². The third kappa shape index (κ3) is 5.43. The lowest BCUT2D eigenvalue weighted by molar-refractivity contribution is 0.0938. The second-order valence-electron chi connectivity index (χ2n) is 6.19. The van der Waals surface area contributed by atoms with E-state index in [9.17, 15) is 4.79 Å². The van der Waals surface area contributed by atoms with Crippen LogP contribution in [0.3, 0.4) is 0 Å². The Morgan fingerprint density at radius 3 is 2.62 bits per heavy atom. The molecule has 26 heavy (non-hydrogen) atoms. The number of aryl methyl sites for hydroxylation is 1. The number of hydrogen-bond acceptors (Lipinski definition) is 4. The van der Waals surface area contributed by atoms with Crippen LogP contribution in [-0.2, 0) is 13.0 Å². The zero-order valence-corrected chi connectivity index (χ0v) is 15.5. The van der Waals surface area contributed by atoms with Crippen LogP contribution < -0.4 is 10.1 Å². The lowest BCUT2D eigenvalue weighted by Crippen LogP contribution is -2.32. The molecule has 0 aliphatic carbocycles. The minimum atomic E-state index is -0.0587. The molecule has 0 saturated heterocycles. The van der Waals surface area contributed by atoms with E-state index >= 15 is 0 Å². The van der Waals surface area contributed by atoms with Gasteiger partial charge in [0.05, 0.1) is 11.2 Å². The highest BCUT2D eigenvalue weighted by Crippen LogP contribution is 2.15. The van der Waals surface area contributed by atoms with Crippen molar-refractivity contribution in [2.24, 2.45) is 0 Å². The van der Waals surface area contributed by atoms with Crippen LogP contribution in [0.2, 0.25) is 0 Å². The van der Waals surface area contributed by atoms with Crippen molar-refractivity contribution in [1.82, 2.24) is 10.3 Å². The molecule has 1 atom stereocenters. The molecular formula is C21H22N2O2S. The molecular weight excluding hydrogens is 344 g/mol. The van der Waals surface area contributed by atoms with Crippen molar-refractivity contribution in [2.75, 3.05) is 0 Å². The van der Waals surface area contributed by atoms with Gasteiger partial charge in [-0.1, -0.05) is 30.3 Å². The van der Waals surface area contributed by atoms with Gasteiger partial charge in [-0.25, -0.2) is 4.98 Å². The fourth-order valence-corrected chi connectivity index (χ4v) is 3.12. The molecule has 0 fully saturated rings. The topological polar surface area (TPSA) is 51.2 Å². The molecule has 134 valence electrons. The molecule has 1 N–H and O–H groups in total. The molecule has 1 amide bonds. The van der Waals surface area contributed by atoms with Crippen molar-refractivity contribution in [3.63, 3.8) is 0 Å². The van der Waals surface area contributed by atoms with E-state index in [2.05, 4.69) is 22.4 Å². The second kappa shape index (κ2) is 9.15. The molecule has 0 radical (unpaired) electrons. The molecule has 0 bridgehead atoms. The molecule has 0 saturated carbocycles. The van der Waals surface area contributed by atoms with Crippen LogP contribution in [0, 0.1) is 0 Å². The van der Waals surface area contributed by atoms with E-state index in [1.54, 1.807) is 29.0 Å². The van der Waals surface area contributed by atoms with Gasteiger partial charge in [0, 0.05) is 17.0 Å². The molecule has 5 heteroatoms. The van der Waals surface area contributed by atoms with Crippen molar-refractivity contribution >= 4 is 17.2 Å². The molecule has 0 aliphatic rings. The van der Waals surface area contributed by atoms with Gasteiger partial charge < -0.3 is 10.1 Å². The summed E-state index contributed by atoms with van der Waals surface area (Å²) in [4.78, 5) is 16.5. The van der Waals surface area contributed by atoms with Crippen LogP contribution >= 0.6 is 11.3 Å². The molecule has 0 aliphatic heterocycles. The molecule has 1 aromatic heterocycles. The Kier molecular flexibility index (Phi) is 6.39. The summed E-state index contributed by atoms with van der Waals surface area (Å²) in [6.07, 6.45) is 1.86. The second-order valence-corrected chi connectivity index (χ2v) is 6.91. The van der Waals surface area contributed by atoms with Crippen molar-refractivity contribution in [2.45, 2.75) is 32.4 Å². The number of nitrogens with zero attached hydrogens (tertiary/aromatic N) is 1. The summed E-state index contributed by atoms with van der Waals surface area (Å²) in [5.41, 5.74) is 4.61. The van der Waals surface area contributed by atoms with E-state index in [4.69, 9.17) is 4.74 Å². The van der Waals surface area contributed by atoms with Crippen LogP contribution in [0.1, 0.15) is 35.0 Å². The fourth-order valence-electron chi connectivity index (χ4n) is 2.58. The van der Waals surface area contributed by atoms with Gasteiger partial charge in [0.1, 0.15) is 12.4 Å². The quantitative estimate of drug-likeness (QED) is 0.640. The van der Waals surface area contributed by atoms with Gasteiger partial charge >= 0.3 is 0 Å². The van der Waals surface area contributed by atoms with Gasteiger partial charge in [-0.15, -0.1) is 11.3 Å². The molecule has 1 heterocycles. The summed E-state index contributed by atoms with van der Waals surface area (Å²) in [6, 6.07) is 17.6. The first-order valence-corrected chi connectivity index (χ1v) is 9.60. The number of rotatable bonds is 8. The van der Waals surface area contributed by atoms with Gasteiger partial charge in [0.25, 0.3) is 5.91 Å². The third-order valence-electron chi connectivity index (χ3n) is 4.07. The van der Waals surface area contributed by atoms with Crippen LogP contribution in [0.5, 0.6) is 5.75 Å². The number of ether oxygens (including phenoxy) is 1. The van der Waals surface area contributed by atoms with E-state index in [-0.39, 0.29) is 11.9 Å². The maximum Gasteiger partial charge on any atom is 0.251 e. The fraction of sp³-hybridized carbons (Fsp3) is 0.238. The van der Waals surface area contributed by atoms with Gasteiger partial charge in [0.2, 0.25) is 0 Å². The zero-order chi connectivity index (χ0) is 18.2. The van der Waals surface area contributed by atoms with E-state index in [1.165, 1.54) is 5.56 Å². The number of amides is 1. The van der Waals surface area contributed by atoms with Crippen molar-refractivity contribution in [3.05, 3.63) is 82.3 Å². The van der Waals surface area contributed by atoms with Crippen molar-refractivity contribution in [3.8, 4) is 5.75 Å². The zero-order valence-electron chi connectivity index (χ0n) is 14.7. The maximum absolute atomic E-state index is 12.4. The highest BCUT2D eigenvalue weighted by molar-refractivity contribution is 7.07. The smallest absolute Gasteiger partial charge is 0.251 e. The maximum atomic E-state index is 12.4. The van der Waals surface area contributed by atoms with E-state index in [0.29, 0.717) is 12.2 Å². The summed E-state index contributed by atoms with van der Waals surface area (Å²) in [7, 11) is 0. The molecule has 1 unspecified atom stereocenters. The molecule has 4 nitrogen and oxygen atoms in total. The van der Waals surface area contributed by atoms with Crippen LogP contribution in [0.4, 0.5) is 0 Å². The van der Waals surface area contributed by atoms with E-state index in [0.717, 1.165) is 24.3 Å². The normalized spacial score (nSPS) is 11.7. The first-order valence-electron chi connectivity index (χ1n) is 8.65. The van der Waals surface area contributed by atoms with Crippen molar-refractivity contribution in [1.29, 1.82) is 0 Å². The standard InChI is InChI=1S/C21H22N2O2S/c1-16(7-8-17-5-3-2-4-6-17)23-21(24)18-9-11-20(12-10-18)25-13-19-14-26-15-22-19/h2-6,9-12,14-16H,7-8,13H2,1H3,(H,23,24). The number of carbonyl (C=O) groups excluding carboxylic acids is 1. The Morgan fingerprint density at radius 1 is 1.15 bits per heavy atom. The summed E-state index contributed by atoms with van der Waals surface area (Å²) >= 11 is 1.55. The van der Waals surface area contributed by atoms with Crippen LogP contribution in [0.15, 0.2) is 65.5 Å². The first kappa shape index (κ1) is 18.1. The highest BCUT2D eigenvalue weighted by atomic mass is 32.1. The molecule has 0 spiro atoms. The Labute approximate surface area is 157 Å². The van der Waals surface area contributed by atoms with Crippen LogP contribution in [0.25, 0.3) is 0 Å². The van der Waals surface area contributed by atoms with Gasteiger partial charge in [0.15, 0.2) is 0 Å². The average Bonchev–Trinajstić information content (AvgIpc) is 3.19. The van der Waals surface area contributed by atoms with E-state index in [1.807, 2.05) is 42.6 Å². The molecule has 3 aromatic rings. The summed E-state index contributed by atoms with van der Waals surface area (Å²) in [6.45, 7) is 2.47. The Morgan fingerprint density at radius 2 is 1.92 bits per heavy atom. The number of benzene rings is 2. The average molecular weight is 366 g/mol. The van der Waals surface area contributed by atoms with Gasteiger partial charge in [-0.05, 0) is 49.6 Å². The third-order valence-corrected chi connectivity index (χ3v) is 4.71.